The molecular formula is C19H30INO2. The Morgan fingerprint density at radius 3 is 2.57 bits per heavy atom. The van der Waals surface area contributed by atoms with Gasteiger partial charge in [0.25, 0.3) is 0 Å². The third-order valence-corrected chi connectivity index (χ3v) is 9.51. The molecule has 0 aromatic heterocycles. The predicted molar refractivity (Wildman–Crippen MR) is 99.9 cm³/mol. The van der Waals surface area contributed by atoms with Crippen molar-refractivity contribution in [1.29, 1.82) is 0 Å². The second-order valence-electron chi connectivity index (χ2n) is 9.32. The van der Waals surface area contributed by atoms with Crippen molar-refractivity contribution in [2.45, 2.75) is 75.2 Å². The molecule has 4 saturated carbocycles. The lowest BCUT2D eigenvalue weighted by atomic mass is 9.45. The van der Waals surface area contributed by atoms with Gasteiger partial charge in [-0.3, -0.25) is 0 Å². The highest BCUT2D eigenvalue weighted by atomic mass is 127. The second-order valence-corrected chi connectivity index (χ2v) is 11.3. The van der Waals surface area contributed by atoms with Crippen molar-refractivity contribution in [1.82, 2.24) is 0 Å². The van der Waals surface area contributed by atoms with E-state index in [0.717, 1.165) is 36.8 Å². The molecule has 7 atom stereocenters. The van der Waals surface area contributed by atoms with Crippen molar-refractivity contribution in [3.05, 3.63) is 0 Å². The monoisotopic (exact) mass is 431 g/mol. The molecule has 4 heteroatoms. The Balaban J connectivity index is 1.63. The summed E-state index contributed by atoms with van der Waals surface area (Å²) in [6, 6.07) is 0. The van der Waals surface area contributed by atoms with Crippen LogP contribution < -0.4 is 0 Å². The summed E-state index contributed by atoms with van der Waals surface area (Å²) in [5.41, 5.74) is 1.64. The summed E-state index contributed by atoms with van der Waals surface area (Å²) in [6.45, 7) is 4.88. The van der Waals surface area contributed by atoms with Crippen molar-refractivity contribution < 1.29 is 10.3 Å². The summed E-state index contributed by atoms with van der Waals surface area (Å²) in [5, 5.41) is 23.6. The molecule has 0 amide bonds. The Morgan fingerprint density at radius 1 is 1.04 bits per heavy atom. The molecule has 0 heterocycles. The average molecular weight is 431 g/mol. The van der Waals surface area contributed by atoms with Crippen LogP contribution in [0.3, 0.4) is 0 Å². The van der Waals surface area contributed by atoms with E-state index in [2.05, 4.69) is 41.6 Å². The van der Waals surface area contributed by atoms with Gasteiger partial charge in [0.05, 0.1) is 5.71 Å². The van der Waals surface area contributed by atoms with Gasteiger partial charge in [0.2, 0.25) is 0 Å². The van der Waals surface area contributed by atoms with Crippen LogP contribution in [0.2, 0.25) is 0 Å². The highest BCUT2D eigenvalue weighted by molar-refractivity contribution is 14.1. The fourth-order valence-electron chi connectivity index (χ4n) is 7.15. The van der Waals surface area contributed by atoms with Gasteiger partial charge < -0.3 is 10.3 Å². The first-order valence-corrected chi connectivity index (χ1v) is 10.5. The van der Waals surface area contributed by atoms with Crippen molar-refractivity contribution in [2.75, 3.05) is 0 Å². The van der Waals surface area contributed by atoms with Gasteiger partial charge >= 0.3 is 0 Å². The van der Waals surface area contributed by atoms with Crippen LogP contribution in [0.5, 0.6) is 0 Å². The lowest BCUT2D eigenvalue weighted by molar-refractivity contribution is -0.117. The number of nitrogens with zero attached hydrogens (tertiary/aromatic N) is 1. The molecule has 130 valence electrons. The molecule has 0 spiro atoms. The zero-order chi connectivity index (χ0) is 16.5. The molecule has 0 radical (unpaired) electrons. The van der Waals surface area contributed by atoms with E-state index in [0.29, 0.717) is 17.3 Å². The van der Waals surface area contributed by atoms with E-state index in [4.69, 9.17) is 0 Å². The Morgan fingerprint density at radius 2 is 1.83 bits per heavy atom. The van der Waals surface area contributed by atoms with Crippen LogP contribution >= 0.6 is 22.6 Å². The first kappa shape index (κ1) is 16.6. The zero-order valence-electron chi connectivity index (χ0n) is 14.4. The Hall–Kier alpha value is 0.160. The number of oxime groups is 1. The molecule has 4 aliphatic rings. The molecule has 4 rings (SSSR count). The van der Waals surface area contributed by atoms with Gasteiger partial charge in [0, 0.05) is 5.41 Å². The first-order valence-electron chi connectivity index (χ1n) is 9.43. The zero-order valence-corrected chi connectivity index (χ0v) is 16.6. The molecule has 4 unspecified atom stereocenters. The Bertz CT molecular complexity index is 533. The van der Waals surface area contributed by atoms with Crippen LogP contribution in [0, 0.1) is 34.5 Å². The molecule has 0 aliphatic heterocycles. The average Bonchev–Trinajstić information content (AvgIpc) is 2.84. The fourth-order valence-corrected chi connectivity index (χ4v) is 7.95. The van der Waals surface area contributed by atoms with Gasteiger partial charge in [-0.2, -0.15) is 0 Å². The topological polar surface area (TPSA) is 52.8 Å². The van der Waals surface area contributed by atoms with Gasteiger partial charge in [-0.1, -0.05) is 19.0 Å². The summed E-state index contributed by atoms with van der Waals surface area (Å²) in [6.07, 6.45) is 10.4. The minimum atomic E-state index is -0.470. The Labute approximate surface area is 153 Å². The van der Waals surface area contributed by atoms with Crippen LogP contribution in [0.4, 0.5) is 0 Å². The summed E-state index contributed by atoms with van der Waals surface area (Å²) >= 11 is 2.28. The number of aliphatic hydroxyl groups is 1. The van der Waals surface area contributed by atoms with E-state index in [9.17, 15) is 10.3 Å². The number of fused-ring (bicyclic) bond motifs is 5. The van der Waals surface area contributed by atoms with Gasteiger partial charge in [-0.05, 0) is 109 Å². The number of hydrogen-bond acceptors (Lipinski definition) is 3. The van der Waals surface area contributed by atoms with Crippen LogP contribution in [-0.2, 0) is 0 Å². The molecule has 0 aromatic rings. The summed E-state index contributed by atoms with van der Waals surface area (Å²) in [7, 11) is 0. The number of alkyl halides is 1. The lowest BCUT2D eigenvalue weighted by Gasteiger charge is -2.61. The minimum Gasteiger partial charge on any atom is -0.411 e. The highest BCUT2D eigenvalue weighted by Gasteiger charge is 2.60. The first-order chi connectivity index (χ1) is 10.8. The van der Waals surface area contributed by atoms with Crippen LogP contribution in [0.1, 0.15) is 71.6 Å². The fraction of sp³-hybridized carbons (Fsp3) is 0.947. The molecular weight excluding hydrogens is 401 g/mol. The minimum absolute atomic E-state index is 0.151. The standard InChI is InChI=1S/C19H30INO2/c1-17-9-10-19(20,22)11-12(17)3-4-13-14-5-6-16(21-23)18(14,2)8-7-15(13)17/h12-15,22-23H,3-11H2,1-2H3/b21-16-/t12?,13?,14?,15?,17-,18-,19-/m0/s1. The largest absolute Gasteiger partial charge is 0.411 e. The van der Waals surface area contributed by atoms with E-state index >= 15 is 0 Å². The van der Waals surface area contributed by atoms with E-state index in [1.807, 2.05) is 0 Å². The maximum absolute atomic E-state index is 10.5. The van der Waals surface area contributed by atoms with Crippen LogP contribution in [0.15, 0.2) is 5.16 Å². The molecule has 23 heavy (non-hydrogen) atoms. The molecule has 4 aliphatic carbocycles. The number of hydrogen-bond donors (Lipinski definition) is 2. The Kier molecular flexibility index (Phi) is 3.85. The maximum atomic E-state index is 10.5. The lowest BCUT2D eigenvalue weighted by Crippen LogP contribution is -2.55. The SMILES string of the molecule is C[C@]12CC[C@@](O)(I)CC1CCC1C2CC[C@]2(C)/C(=N\O)CCC12. The molecule has 0 bridgehead atoms. The molecule has 0 aromatic carbocycles. The van der Waals surface area contributed by atoms with Crippen molar-refractivity contribution in [3.63, 3.8) is 0 Å². The van der Waals surface area contributed by atoms with Gasteiger partial charge in [0.15, 0.2) is 0 Å². The molecule has 3 nitrogen and oxygen atoms in total. The smallest absolute Gasteiger partial charge is 0.116 e. The number of halogens is 1. The van der Waals surface area contributed by atoms with Gasteiger partial charge in [0.1, 0.15) is 3.61 Å². The maximum Gasteiger partial charge on any atom is 0.116 e. The number of rotatable bonds is 0. The van der Waals surface area contributed by atoms with E-state index in [1.165, 1.54) is 38.5 Å². The molecule has 4 fully saturated rings. The third kappa shape index (κ3) is 2.33. The summed E-state index contributed by atoms with van der Waals surface area (Å²) < 4.78 is -0.470. The van der Waals surface area contributed by atoms with Gasteiger partial charge in [-0.15, -0.1) is 0 Å². The third-order valence-electron chi connectivity index (χ3n) is 8.53. The van der Waals surface area contributed by atoms with Crippen LogP contribution in [-0.4, -0.2) is 19.6 Å². The summed E-state index contributed by atoms with van der Waals surface area (Å²) in [4.78, 5) is 0. The molecule has 2 N–H and O–H groups in total. The second kappa shape index (κ2) is 5.33. The van der Waals surface area contributed by atoms with E-state index < -0.39 is 3.61 Å². The van der Waals surface area contributed by atoms with E-state index in [1.54, 1.807) is 0 Å². The van der Waals surface area contributed by atoms with Crippen molar-refractivity contribution in [2.24, 2.45) is 39.7 Å². The van der Waals surface area contributed by atoms with Gasteiger partial charge in [-0.25, -0.2) is 0 Å². The molecule has 0 saturated heterocycles. The van der Waals surface area contributed by atoms with Crippen LogP contribution in [0.25, 0.3) is 0 Å². The van der Waals surface area contributed by atoms with Crippen molar-refractivity contribution in [3.8, 4) is 0 Å². The summed E-state index contributed by atoms with van der Waals surface area (Å²) in [5.74, 6) is 3.01. The van der Waals surface area contributed by atoms with Crippen molar-refractivity contribution >= 4 is 28.3 Å². The predicted octanol–water partition coefficient (Wildman–Crippen LogP) is 4.98. The normalized spacial score (nSPS) is 57.7. The quantitative estimate of drug-likeness (QED) is 0.246. The van der Waals surface area contributed by atoms with E-state index in [-0.39, 0.29) is 5.41 Å². The highest BCUT2D eigenvalue weighted by Crippen LogP contribution is 2.66.